The summed E-state index contributed by atoms with van der Waals surface area (Å²) in [4.78, 5) is 11.8. The van der Waals surface area contributed by atoms with Crippen molar-refractivity contribution in [3.8, 4) is 5.75 Å². The second kappa shape index (κ2) is 9.77. The Kier molecular flexibility index (Phi) is 8.33. The standard InChI is InChI=1S/C18H25F4NO4/c1-17(2,3)27-16(25)23-14(11-18(20,21)22)7-5-12-4-6-13(19)10-15(12)26-9-8-24/h4,6,10,14,24H,5,7-9,11H2,1-3H3,(H,23,25). The summed E-state index contributed by atoms with van der Waals surface area (Å²) in [5, 5.41) is 11.1. The average molecular weight is 395 g/mol. The highest BCUT2D eigenvalue weighted by Crippen LogP contribution is 2.26. The predicted octanol–water partition coefficient (Wildman–Crippen LogP) is 3.98. The van der Waals surface area contributed by atoms with Crippen LogP contribution in [0.3, 0.4) is 0 Å². The Morgan fingerprint density at radius 2 is 1.93 bits per heavy atom. The van der Waals surface area contributed by atoms with Crippen LogP contribution in [0, 0.1) is 5.82 Å². The van der Waals surface area contributed by atoms with Gasteiger partial charge in [0.05, 0.1) is 13.0 Å². The molecule has 2 N–H and O–H groups in total. The Balaban J connectivity index is 2.83. The minimum absolute atomic E-state index is 0.0557. The van der Waals surface area contributed by atoms with E-state index in [4.69, 9.17) is 14.6 Å². The summed E-state index contributed by atoms with van der Waals surface area (Å²) in [6, 6.07) is 2.46. The molecule has 1 amide bonds. The molecule has 0 aromatic heterocycles. The maximum absolute atomic E-state index is 13.4. The van der Waals surface area contributed by atoms with Gasteiger partial charge in [0.25, 0.3) is 0 Å². The molecule has 0 radical (unpaired) electrons. The fraction of sp³-hybridized carbons (Fsp3) is 0.611. The molecule has 0 aliphatic rings. The molecule has 9 heteroatoms. The number of carbonyl (C=O) groups excluding carboxylic acids is 1. The Morgan fingerprint density at radius 3 is 2.48 bits per heavy atom. The van der Waals surface area contributed by atoms with Crippen LogP contribution in [0.15, 0.2) is 18.2 Å². The van der Waals surface area contributed by atoms with Gasteiger partial charge in [-0.05, 0) is 45.2 Å². The number of nitrogens with one attached hydrogen (secondary N) is 1. The highest BCUT2D eigenvalue weighted by molar-refractivity contribution is 5.68. The van der Waals surface area contributed by atoms with Gasteiger partial charge in [0.1, 0.15) is 23.8 Å². The quantitative estimate of drug-likeness (QED) is 0.654. The molecule has 0 saturated heterocycles. The van der Waals surface area contributed by atoms with Crippen molar-refractivity contribution in [1.82, 2.24) is 5.32 Å². The summed E-state index contributed by atoms with van der Waals surface area (Å²) in [7, 11) is 0. The molecule has 0 bridgehead atoms. The number of amides is 1. The number of hydrogen-bond donors (Lipinski definition) is 2. The van der Waals surface area contributed by atoms with Crippen molar-refractivity contribution in [3.05, 3.63) is 29.6 Å². The number of aryl methyl sites for hydroxylation is 1. The minimum Gasteiger partial charge on any atom is -0.491 e. The summed E-state index contributed by atoms with van der Waals surface area (Å²) < 4.78 is 62.1. The van der Waals surface area contributed by atoms with E-state index in [1.165, 1.54) is 12.1 Å². The monoisotopic (exact) mass is 395 g/mol. The number of carbonyl (C=O) groups is 1. The van der Waals surface area contributed by atoms with Crippen LogP contribution >= 0.6 is 0 Å². The van der Waals surface area contributed by atoms with Crippen molar-refractivity contribution in [2.24, 2.45) is 0 Å². The molecule has 1 aromatic rings. The number of aliphatic hydroxyl groups is 1. The van der Waals surface area contributed by atoms with Gasteiger partial charge in [-0.15, -0.1) is 0 Å². The van der Waals surface area contributed by atoms with Crippen molar-refractivity contribution in [2.75, 3.05) is 13.2 Å². The first-order valence-corrected chi connectivity index (χ1v) is 8.48. The van der Waals surface area contributed by atoms with Crippen molar-refractivity contribution >= 4 is 6.09 Å². The van der Waals surface area contributed by atoms with Crippen LogP contribution in [0.2, 0.25) is 0 Å². The molecule has 0 saturated carbocycles. The third kappa shape index (κ3) is 10.0. The lowest BCUT2D eigenvalue weighted by molar-refractivity contribution is -0.140. The maximum Gasteiger partial charge on any atom is 0.407 e. The molecule has 0 aliphatic carbocycles. The lowest BCUT2D eigenvalue weighted by Crippen LogP contribution is -2.41. The molecule has 1 rings (SSSR count). The highest BCUT2D eigenvalue weighted by Gasteiger charge is 2.33. The molecule has 1 unspecified atom stereocenters. The largest absolute Gasteiger partial charge is 0.491 e. The second-order valence-electron chi connectivity index (χ2n) is 7.03. The van der Waals surface area contributed by atoms with Crippen molar-refractivity contribution in [3.63, 3.8) is 0 Å². The van der Waals surface area contributed by atoms with E-state index in [0.717, 1.165) is 6.07 Å². The van der Waals surface area contributed by atoms with E-state index < -0.39 is 36.2 Å². The Labute approximate surface area is 155 Å². The van der Waals surface area contributed by atoms with E-state index in [1.54, 1.807) is 20.8 Å². The summed E-state index contributed by atoms with van der Waals surface area (Å²) in [5.41, 5.74) is -0.363. The minimum atomic E-state index is -4.47. The van der Waals surface area contributed by atoms with Crippen LogP contribution in [-0.4, -0.2) is 42.2 Å². The molecule has 1 aromatic carbocycles. The second-order valence-corrected chi connectivity index (χ2v) is 7.03. The number of ether oxygens (including phenoxy) is 2. The molecular weight excluding hydrogens is 370 g/mol. The zero-order valence-electron chi connectivity index (χ0n) is 15.5. The molecular formula is C18H25F4NO4. The van der Waals surface area contributed by atoms with Crippen molar-refractivity contribution in [2.45, 2.75) is 57.9 Å². The van der Waals surface area contributed by atoms with Crippen molar-refractivity contribution in [1.29, 1.82) is 0 Å². The summed E-state index contributed by atoms with van der Waals surface area (Å²) in [5.74, 6) is -0.419. The third-order valence-electron chi connectivity index (χ3n) is 3.34. The van der Waals surface area contributed by atoms with Gasteiger partial charge < -0.3 is 19.9 Å². The third-order valence-corrected chi connectivity index (χ3v) is 3.34. The zero-order valence-corrected chi connectivity index (χ0v) is 15.5. The van der Waals surface area contributed by atoms with Gasteiger partial charge in [-0.1, -0.05) is 6.07 Å². The normalized spacial score (nSPS) is 13.2. The van der Waals surface area contributed by atoms with Crippen LogP contribution in [0.1, 0.15) is 39.2 Å². The summed E-state index contributed by atoms with van der Waals surface area (Å²) >= 11 is 0. The van der Waals surface area contributed by atoms with Crippen LogP contribution < -0.4 is 10.1 Å². The molecule has 0 heterocycles. The van der Waals surface area contributed by atoms with Gasteiger partial charge in [-0.25, -0.2) is 9.18 Å². The smallest absolute Gasteiger partial charge is 0.407 e. The molecule has 154 valence electrons. The molecule has 1 atom stereocenters. The van der Waals surface area contributed by atoms with Gasteiger partial charge in [0.2, 0.25) is 0 Å². The molecule has 0 aliphatic heterocycles. The van der Waals surface area contributed by atoms with E-state index in [1.807, 2.05) is 0 Å². The lowest BCUT2D eigenvalue weighted by Gasteiger charge is -2.24. The number of benzene rings is 1. The molecule has 5 nitrogen and oxygen atoms in total. The summed E-state index contributed by atoms with van der Waals surface area (Å²) in [6.07, 6.45) is -6.58. The van der Waals surface area contributed by atoms with Crippen LogP contribution in [0.25, 0.3) is 0 Å². The fourth-order valence-corrected chi connectivity index (χ4v) is 2.33. The number of alkyl halides is 3. The lowest BCUT2D eigenvalue weighted by atomic mass is 10.0. The van der Waals surface area contributed by atoms with Gasteiger partial charge in [0.15, 0.2) is 0 Å². The number of alkyl carbamates (subject to hydrolysis) is 1. The van der Waals surface area contributed by atoms with E-state index in [0.29, 0.717) is 5.56 Å². The summed E-state index contributed by atoms with van der Waals surface area (Å²) in [6.45, 7) is 4.46. The van der Waals surface area contributed by atoms with E-state index in [2.05, 4.69) is 5.32 Å². The van der Waals surface area contributed by atoms with Crippen LogP contribution in [-0.2, 0) is 11.2 Å². The Bertz CT molecular complexity index is 614. The first-order valence-electron chi connectivity index (χ1n) is 8.48. The number of aliphatic hydroxyl groups excluding tert-OH is 1. The van der Waals surface area contributed by atoms with Crippen molar-refractivity contribution < 1.29 is 36.9 Å². The van der Waals surface area contributed by atoms with Gasteiger partial charge >= 0.3 is 12.3 Å². The zero-order chi connectivity index (χ0) is 20.7. The number of hydrogen-bond acceptors (Lipinski definition) is 4. The predicted molar refractivity (Wildman–Crippen MR) is 91.1 cm³/mol. The first-order chi connectivity index (χ1) is 12.4. The van der Waals surface area contributed by atoms with E-state index >= 15 is 0 Å². The van der Waals surface area contributed by atoms with Gasteiger partial charge in [-0.3, -0.25) is 0 Å². The van der Waals surface area contributed by atoms with E-state index in [9.17, 15) is 22.4 Å². The van der Waals surface area contributed by atoms with Crippen LogP contribution in [0.5, 0.6) is 5.75 Å². The first kappa shape index (κ1) is 23.0. The Morgan fingerprint density at radius 1 is 1.26 bits per heavy atom. The van der Waals surface area contributed by atoms with Gasteiger partial charge in [-0.2, -0.15) is 13.2 Å². The SMILES string of the molecule is CC(C)(C)OC(=O)NC(CCc1ccc(F)cc1OCCO)CC(F)(F)F. The van der Waals surface area contributed by atoms with E-state index in [-0.39, 0.29) is 31.8 Å². The topological polar surface area (TPSA) is 67.8 Å². The molecule has 27 heavy (non-hydrogen) atoms. The Hall–Kier alpha value is -2.03. The molecule has 0 fully saturated rings. The number of rotatable bonds is 8. The van der Waals surface area contributed by atoms with Crippen LogP contribution in [0.4, 0.5) is 22.4 Å². The molecule has 0 spiro atoms. The number of halogens is 4. The highest BCUT2D eigenvalue weighted by atomic mass is 19.4. The maximum atomic E-state index is 13.4. The van der Waals surface area contributed by atoms with Gasteiger partial charge in [0, 0.05) is 12.1 Å². The average Bonchev–Trinajstić information content (AvgIpc) is 2.48. The fourth-order valence-electron chi connectivity index (χ4n) is 2.33.